The molecule has 1 heterocycles. The molecule has 2 fully saturated rings. The van der Waals surface area contributed by atoms with Crippen LogP contribution in [0.5, 0.6) is 0 Å². The van der Waals surface area contributed by atoms with Crippen LogP contribution >= 0.6 is 0 Å². The monoisotopic (exact) mass is 198 g/mol. The molecule has 0 unspecified atom stereocenters. The van der Waals surface area contributed by atoms with Crippen LogP contribution in [0.2, 0.25) is 0 Å². The first kappa shape index (κ1) is 10.4. The van der Waals surface area contributed by atoms with Crippen LogP contribution in [-0.2, 0) is 4.74 Å². The maximum Gasteiger partial charge on any atom is 0.0697 e. The van der Waals surface area contributed by atoms with Gasteiger partial charge in [0.15, 0.2) is 0 Å². The van der Waals surface area contributed by atoms with E-state index >= 15 is 0 Å². The van der Waals surface area contributed by atoms with Gasteiger partial charge < -0.3 is 9.84 Å². The first-order valence-electron chi connectivity index (χ1n) is 5.87. The summed E-state index contributed by atoms with van der Waals surface area (Å²) in [6.07, 6.45) is 4.82. The molecule has 0 aromatic rings. The Bertz CT molecular complexity index is 210. The summed E-state index contributed by atoms with van der Waals surface area (Å²) in [5.74, 6) is 1.13. The molecule has 0 aromatic heterocycles. The summed E-state index contributed by atoms with van der Waals surface area (Å²) in [6.45, 7) is 6.34. The molecule has 1 N–H and O–H groups in total. The Balaban J connectivity index is 2.12. The van der Waals surface area contributed by atoms with Crippen molar-refractivity contribution in [1.29, 1.82) is 0 Å². The zero-order valence-electron chi connectivity index (χ0n) is 9.49. The molecule has 1 saturated heterocycles. The predicted molar refractivity (Wildman–Crippen MR) is 56.1 cm³/mol. The predicted octanol–water partition coefficient (Wildman–Crippen LogP) is 2.35. The first-order chi connectivity index (χ1) is 6.49. The Hall–Kier alpha value is -0.0800. The number of rotatable bonds is 0. The fourth-order valence-electron chi connectivity index (χ4n) is 3.27. The maximum absolute atomic E-state index is 10.3. The van der Waals surface area contributed by atoms with Gasteiger partial charge in [-0.3, -0.25) is 0 Å². The van der Waals surface area contributed by atoms with Crippen LogP contribution < -0.4 is 0 Å². The summed E-state index contributed by atoms with van der Waals surface area (Å²) in [5, 5.41) is 10.3. The van der Waals surface area contributed by atoms with E-state index in [0.717, 1.165) is 25.2 Å². The van der Waals surface area contributed by atoms with Crippen LogP contribution in [0.15, 0.2) is 0 Å². The Morgan fingerprint density at radius 1 is 1.29 bits per heavy atom. The minimum Gasteiger partial charge on any atom is -0.390 e. The largest absolute Gasteiger partial charge is 0.390 e. The van der Waals surface area contributed by atoms with Crippen molar-refractivity contribution in [3.8, 4) is 0 Å². The van der Waals surface area contributed by atoms with Crippen molar-refractivity contribution < 1.29 is 9.84 Å². The molecule has 2 nitrogen and oxygen atoms in total. The molecular weight excluding hydrogens is 176 g/mol. The highest BCUT2D eigenvalue weighted by Gasteiger charge is 2.46. The fourth-order valence-corrected chi connectivity index (χ4v) is 3.27. The first-order valence-corrected chi connectivity index (χ1v) is 5.87. The second-order valence-electron chi connectivity index (χ2n) is 5.57. The third-order valence-electron chi connectivity index (χ3n) is 3.96. The van der Waals surface area contributed by atoms with Gasteiger partial charge >= 0.3 is 0 Å². The Morgan fingerprint density at radius 2 is 2.00 bits per heavy atom. The van der Waals surface area contributed by atoms with Gasteiger partial charge in [0.05, 0.1) is 17.8 Å². The molecule has 2 aliphatic rings. The average Bonchev–Trinajstić information content (AvgIpc) is 2.00. The zero-order chi connectivity index (χ0) is 10.3. The SMILES string of the molecule is C[C@@H]1CC[C@@H]2[C@@H](C1)O[C@@H](C)C[C@]2(C)O. The molecule has 0 radical (unpaired) electrons. The van der Waals surface area contributed by atoms with E-state index in [1.54, 1.807) is 0 Å². The summed E-state index contributed by atoms with van der Waals surface area (Å²) in [4.78, 5) is 0. The van der Waals surface area contributed by atoms with Crippen LogP contribution in [-0.4, -0.2) is 22.9 Å². The Labute approximate surface area is 86.6 Å². The van der Waals surface area contributed by atoms with Crippen molar-refractivity contribution in [2.75, 3.05) is 0 Å². The maximum atomic E-state index is 10.3. The number of aliphatic hydroxyl groups is 1. The minimum absolute atomic E-state index is 0.219. The number of hydrogen-bond acceptors (Lipinski definition) is 2. The topological polar surface area (TPSA) is 29.5 Å². The molecule has 0 bridgehead atoms. The Kier molecular flexibility index (Phi) is 2.61. The van der Waals surface area contributed by atoms with Gasteiger partial charge in [-0.15, -0.1) is 0 Å². The lowest BCUT2D eigenvalue weighted by Crippen LogP contribution is -2.53. The summed E-state index contributed by atoms with van der Waals surface area (Å²) in [5.41, 5.74) is -0.498. The van der Waals surface area contributed by atoms with E-state index in [9.17, 15) is 5.11 Å². The van der Waals surface area contributed by atoms with Gasteiger partial charge in [-0.25, -0.2) is 0 Å². The van der Waals surface area contributed by atoms with Crippen LogP contribution in [0.25, 0.3) is 0 Å². The molecule has 5 atom stereocenters. The molecule has 2 heteroatoms. The molecule has 1 saturated carbocycles. The molecule has 0 aromatic carbocycles. The molecule has 1 aliphatic heterocycles. The average molecular weight is 198 g/mol. The van der Waals surface area contributed by atoms with Crippen molar-refractivity contribution in [2.45, 2.75) is 64.3 Å². The summed E-state index contributed by atoms with van der Waals surface area (Å²) in [7, 11) is 0. The lowest BCUT2D eigenvalue weighted by molar-refractivity contribution is -0.190. The van der Waals surface area contributed by atoms with Crippen molar-refractivity contribution in [1.82, 2.24) is 0 Å². The molecule has 1 aliphatic carbocycles. The van der Waals surface area contributed by atoms with Gasteiger partial charge in [-0.2, -0.15) is 0 Å². The molecule has 0 spiro atoms. The van der Waals surface area contributed by atoms with E-state index in [1.807, 2.05) is 6.92 Å². The lowest BCUT2D eigenvalue weighted by Gasteiger charge is -2.48. The van der Waals surface area contributed by atoms with Crippen LogP contribution in [0.1, 0.15) is 46.5 Å². The quantitative estimate of drug-likeness (QED) is 0.647. The highest BCUT2D eigenvalue weighted by Crippen LogP contribution is 2.43. The van der Waals surface area contributed by atoms with E-state index in [4.69, 9.17) is 4.74 Å². The van der Waals surface area contributed by atoms with Gasteiger partial charge in [-0.05, 0) is 32.6 Å². The van der Waals surface area contributed by atoms with Crippen LogP contribution in [0.4, 0.5) is 0 Å². The third kappa shape index (κ3) is 1.82. The van der Waals surface area contributed by atoms with Crippen molar-refractivity contribution in [3.63, 3.8) is 0 Å². The third-order valence-corrected chi connectivity index (χ3v) is 3.96. The van der Waals surface area contributed by atoms with Crippen LogP contribution in [0.3, 0.4) is 0 Å². The smallest absolute Gasteiger partial charge is 0.0697 e. The van der Waals surface area contributed by atoms with Gasteiger partial charge in [0.2, 0.25) is 0 Å². The molecule has 2 rings (SSSR count). The van der Waals surface area contributed by atoms with E-state index in [2.05, 4.69) is 13.8 Å². The lowest BCUT2D eigenvalue weighted by atomic mass is 9.69. The van der Waals surface area contributed by atoms with Gasteiger partial charge in [0, 0.05) is 12.3 Å². The second kappa shape index (κ2) is 3.49. The van der Waals surface area contributed by atoms with E-state index < -0.39 is 5.60 Å². The van der Waals surface area contributed by atoms with Gasteiger partial charge in [0.25, 0.3) is 0 Å². The number of hydrogen-bond donors (Lipinski definition) is 1. The minimum atomic E-state index is -0.498. The molecule has 82 valence electrons. The van der Waals surface area contributed by atoms with Crippen molar-refractivity contribution in [3.05, 3.63) is 0 Å². The summed E-state index contributed by atoms with van der Waals surface area (Å²) >= 11 is 0. The van der Waals surface area contributed by atoms with Gasteiger partial charge in [-0.1, -0.05) is 13.3 Å². The standard InChI is InChI=1S/C12H22O2/c1-8-4-5-10-11(6-8)14-9(2)7-12(10,3)13/h8-11,13H,4-7H2,1-3H3/t8-,9+,10-,11-,12+/m1/s1. The highest BCUT2D eigenvalue weighted by atomic mass is 16.5. The van der Waals surface area contributed by atoms with E-state index in [1.165, 1.54) is 6.42 Å². The van der Waals surface area contributed by atoms with E-state index in [0.29, 0.717) is 12.0 Å². The number of fused-ring (bicyclic) bond motifs is 1. The second-order valence-corrected chi connectivity index (χ2v) is 5.57. The normalized spacial score (nSPS) is 54.0. The highest BCUT2D eigenvalue weighted by molar-refractivity contribution is 4.96. The summed E-state index contributed by atoms with van der Waals surface area (Å²) in [6, 6.07) is 0. The molecular formula is C12H22O2. The van der Waals surface area contributed by atoms with E-state index in [-0.39, 0.29) is 6.10 Å². The molecule has 0 amide bonds. The van der Waals surface area contributed by atoms with Crippen molar-refractivity contribution in [2.24, 2.45) is 11.8 Å². The van der Waals surface area contributed by atoms with Gasteiger partial charge in [0.1, 0.15) is 0 Å². The molecule has 14 heavy (non-hydrogen) atoms. The fraction of sp³-hybridized carbons (Fsp3) is 1.00. The van der Waals surface area contributed by atoms with Crippen molar-refractivity contribution >= 4 is 0 Å². The Morgan fingerprint density at radius 3 is 2.71 bits per heavy atom. The summed E-state index contributed by atoms with van der Waals surface area (Å²) < 4.78 is 5.94. The van der Waals surface area contributed by atoms with Crippen LogP contribution in [0, 0.1) is 11.8 Å². The number of ether oxygens (including phenoxy) is 1. The zero-order valence-corrected chi connectivity index (χ0v) is 9.49.